The van der Waals surface area contributed by atoms with Crippen LogP contribution in [0, 0.1) is 12.7 Å². The number of nitrogens with one attached hydrogen (secondary N) is 2. The van der Waals surface area contributed by atoms with E-state index in [9.17, 15) is 9.18 Å². The molecular weight excluding hydrogens is 519 g/mol. The molecule has 0 spiro atoms. The number of halogens is 1. The van der Waals surface area contributed by atoms with E-state index in [2.05, 4.69) is 34.3 Å². The largest absolute Gasteiger partial charge is 0.462 e. The van der Waals surface area contributed by atoms with Gasteiger partial charge in [0, 0.05) is 31.2 Å². The smallest absolute Gasteiger partial charge is 0.343 e. The summed E-state index contributed by atoms with van der Waals surface area (Å²) >= 11 is 0. The van der Waals surface area contributed by atoms with Gasteiger partial charge in [-0.3, -0.25) is 4.99 Å². The minimum atomic E-state index is -0.552. The number of ether oxygens (including phenoxy) is 1. The van der Waals surface area contributed by atoms with Crippen LogP contribution in [0.15, 0.2) is 113 Å². The molecule has 0 aliphatic carbocycles. The minimum absolute atomic E-state index is 0.190. The topological polar surface area (TPSA) is 83.0 Å². The van der Waals surface area contributed by atoms with Crippen LogP contribution in [0.3, 0.4) is 0 Å². The van der Waals surface area contributed by atoms with Gasteiger partial charge in [-0.1, -0.05) is 55.1 Å². The van der Waals surface area contributed by atoms with Crippen molar-refractivity contribution in [1.82, 2.24) is 10.2 Å². The van der Waals surface area contributed by atoms with E-state index in [-0.39, 0.29) is 23.8 Å². The van der Waals surface area contributed by atoms with Crippen molar-refractivity contribution in [3.63, 3.8) is 0 Å². The maximum Gasteiger partial charge on any atom is 0.343 e. The van der Waals surface area contributed by atoms with Crippen molar-refractivity contribution in [2.45, 2.75) is 34.1 Å². The number of rotatable bonds is 12. The monoisotopic (exact) mass is 560 g/mol. The van der Waals surface area contributed by atoms with E-state index in [0.29, 0.717) is 23.4 Å². The van der Waals surface area contributed by atoms with Crippen LogP contribution in [0.4, 0.5) is 10.1 Å². The fourth-order valence-electron chi connectivity index (χ4n) is 3.73. The molecule has 0 atom stereocenters. The Morgan fingerprint density at radius 3 is 2.41 bits per heavy atom. The average molecular weight is 561 g/mol. The molecule has 0 aliphatic rings. The highest BCUT2D eigenvalue weighted by Crippen LogP contribution is 2.19. The second-order valence-corrected chi connectivity index (χ2v) is 8.67. The van der Waals surface area contributed by atoms with E-state index in [0.717, 1.165) is 17.1 Å². The van der Waals surface area contributed by atoms with E-state index in [1.54, 1.807) is 46.0 Å². The number of aryl methyl sites for hydroxylation is 1. The molecule has 0 aliphatic heterocycles. The first-order chi connectivity index (χ1) is 19.7. The molecule has 0 saturated heterocycles. The highest BCUT2D eigenvalue weighted by atomic mass is 19.1. The van der Waals surface area contributed by atoms with E-state index in [1.807, 2.05) is 68.2 Å². The van der Waals surface area contributed by atoms with Gasteiger partial charge >= 0.3 is 5.97 Å². The van der Waals surface area contributed by atoms with Crippen molar-refractivity contribution in [3.8, 4) is 0 Å². The first-order valence-corrected chi connectivity index (χ1v) is 13.1. The van der Waals surface area contributed by atoms with E-state index in [4.69, 9.17) is 9.53 Å². The number of aliphatic imine (C=N–C) groups is 1. The number of amidine groups is 1. The number of anilines is 1. The molecule has 2 aromatic rings. The molecule has 0 aromatic heterocycles. The molecule has 2 rings (SSSR count). The normalized spacial score (nSPS) is 12.6. The highest BCUT2D eigenvalue weighted by molar-refractivity contribution is 6.24. The average Bonchev–Trinajstić information content (AvgIpc) is 2.98. The van der Waals surface area contributed by atoms with Crippen molar-refractivity contribution in [2.24, 2.45) is 4.99 Å². The predicted octanol–water partition coefficient (Wildman–Crippen LogP) is 6.48. The molecule has 0 radical (unpaired) electrons. The summed E-state index contributed by atoms with van der Waals surface area (Å²) in [7, 11) is 3.49. The van der Waals surface area contributed by atoms with Gasteiger partial charge < -0.3 is 25.1 Å². The van der Waals surface area contributed by atoms with E-state index < -0.39 is 5.97 Å². The summed E-state index contributed by atoms with van der Waals surface area (Å²) in [6.45, 7) is 13.2. The van der Waals surface area contributed by atoms with Crippen LogP contribution in [0.5, 0.6) is 0 Å². The SMILES string of the molecule is C=C/C=C(\C=C/C)N(C)/C(=C/Cc1ccccc1)N/C(C)=C(/C(=O)OCC)C(=NC)Nc1ccc(C)c(F)c1.C=O. The number of carbonyl (C=O) groups excluding carboxylic acids is 2. The Kier molecular flexibility index (Phi) is 15.5. The first-order valence-electron chi connectivity index (χ1n) is 13.1. The third kappa shape index (κ3) is 10.8. The van der Waals surface area contributed by atoms with Gasteiger partial charge in [0.05, 0.1) is 6.61 Å². The van der Waals surface area contributed by atoms with Crippen LogP contribution in [-0.2, 0) is 20.7 Å². The Hall–Kier alpha value is -4.72. The second kappa shape index (κ2) is 18.5. The molecule has 0 fully saturated rings. The Morgan fingerprint density at radius 2 is 1.85 bits per heavy atom. The van der Waals surface area contributed by atoms with Crippen LogP contribution in [0.1, 0.15) is 31.9 Å². The molecule has 7 nitrogen and oxygen atoms in total. The summed E-state index contributed by atoms with van der Waals surface area (Å²) in [5, 5.41) is 6.49. The maximum absolute atomic E-state index is 14.2. The summed E-state index contributed by atoms with van der Waals surface area (Å²) in [4.78, 5) is 27.5. The molecule has 2 aromatic carbocycles. The third-order valence-electron chi connectivity index (χ3n) is 5.81. The Labute approximate surface area is 243 Å². The molecule has 0 unspecified atom stereocenters. The number of hydrogen-bond acceptors (Lipinski definition) is 6. The lowest BCUT2D eigenvalue weighted by molar-refractivity contribution is -0.137. The summed E-state index contributed by atoms with van der Waals surface area (Å²) in [5.74, 6) is 0.0806. The van der Waals surface area contributed by atoms with Gasteiger partial charge in [-0.15, -0.1) is 0 Å². The number of nitrogens with zero attached hydrogens (tertiary/aromatic N) is 2. The molecule has 2 N–H and O–H groups in total. The van der Waals surface area contributed by atoms with Crippen molar-refractivity contribution in [2.75, 3.05) is 26.0 Å². The quantitative estimate of drug-likeness (QED) is 0.102. The standard InChI is InChI=1S/C32H39FN4O2.CH2O/c1-8-14-27(15-9-2)37(7)29(21-19-25-16-12-11-13-17-25)35-24(5)30(32(38)39-10-3)31(34-6)36-26-20-18-23(4)28(33)22-26;1-2/h8-9,11-18,20-22,35H,1,10,19H2,2-7H3,(H,34,36);1H2/b15-9-,27-14+,29-21+,30-24+;. The van der Waals surface area contributed by atoms with Gasteiger partial charge in [0.2, 0.25) is 0 Å². The first kappa shape index (κ1) is 34.3. The maximum atomic E-state index is 14.2. The van der Waals surface area contributed by atoms with Gasteiger partial charge in [0.25, 0.3) is 0 Å². The van der Waals surface area contributed by atoms with Crippen molar-refractivity contribution < 1.29 is 18.7 Å². The molecule has 8 heteroatoms. The lowest BCUT2D eigenvalue weighted by atomic mass is 10.1. The van der Waals surface area contributed by atoms with Gasteiger partial charge in [0.1, 0.15) is 29.8 Å². The lowest BCUT2D eigenvalue weighted by Gasteiger charge is -2.26. The number of allylic oxidation sites excluding steroid dienone is 6. The molecule has 0 amide bonds. The summed E-state index contributed by atoms with van der Waals surface area (Å²) in [6, 6.07) is 14.9. The molecular formula is C33H41FN4O3. The van der Waals surface area contributed by atoms with Crippen LogP contribution in [0.25, 0.3) is 0 Å². The van der Waals surface area contributed by atoms with E-state index >= 15 is 0 Å². The third-order valence-corrected chi connectivity index (χ3v) is 5.81. The molecule has 41 heavy (non-hydrogen) atoms. The fourth-order valence-corrected chi connectivity index (χ4v) is 3.73. The molecule has 218 valence electrons. The zero-order valence-electron chi connectivity index (χ0n) is 24.8. The predicted molar refractivity (Wildman–Crippen MR) is 167 cm³/mol. The number of esters is 1. The Balaban J connectivity index is 0.00000411. The summed E-state index contributed by atoms with van der Waals surface area (Å²) in [6.07, 6.45) is 10.2. The van der Waals surface area contributed by atoms with Crippen molar-refractivity contribution >= 4 is 24.3 Å². The van der Waals surface area contributed by atoms with Crippen molar-refractivity contribution in [3.05, 3.63) is 125 Å². The number of likely N-dealkylation sites (N-methyl/N-ethyl adjacent to an activating group) is 1. The van der Waals surface area contributed by atoms with Crippen LogP contribution in [-0.4, -0.2) is 44.2 Å². The van der Waals surface area contributed by atoms with Crippen LogP contribution >= 0.6 is 0 Å². The number of benzene rings is 2. The molecule has 0 bridgehead atoms. The van der Waals surface area contributed by atoms with Gasteiger partial charge in [0.15, 0.2) is 0 Å². The zero-order valence-corrected chi connectivity index (χ0v) is 24.8. The molecule has 0 heterocycles. The van der Waals surface area contributed by atoms with Crippen LogP contribution in [0.2, 0.25) is 0 Å². The highest BCUT2D eigenvalue weighted by Gasteiger charge is 2.22. The van der Waals surface area contributed by atoms with Crippen molar-refractivity contribution in [1.29, 1.82) is 0 Å². The molecule has 0 saturated carbocycles. The van der Waals surface area contributed by atoms with Crippen LogP contribution < -0.4 is 10.6 Å². The number of carbonyl (C=O) groups is 2. The minimum Gasteiger partial charge on any atom is -0.462 e. The zero-order chi connectivity index (χ0) is 30.8. The van der Waals surface area contributed by atoms with Gasteiger partial charge in [-0.2, -0.15) is 0 Å². The second-order valence-electron chi connectivity index (χ2n) is 8.67. The number of hydrogen-bond donors (Lipinski definition) is 2. The fraction of sp³-hybridized carbons (Fsp3) is 0.242. The van der Waals surface area contributed by atoms with E-state index in [1.165, 1.54) is 6.07 Å². The van der Waals surface area contributed by atoms with Gasteiger partial charge in [-0.05, 0) is 75.6 Å². The lowest BCUT2D eigenvalue weighted by Crippen LogP contribution is -2.32. The summed E-state index contributed by atoms with van der Waals surface area (Å²) < 4.78 is 19.6. The Morgan fingerprint density at radius 1 is 1.17 bits per heavy atom. The summed E-state index contributed by atoms with van der Waals surface area (Å²) in [5.41, 5.74) is 3.74. The van der Waals surface area contributed by atoms with Gasteiger partial charge in [-0.25, -0.2) is 9.18 Å². The Bertz CT molecular complexity index is 1310.